The number of likely N-dealkylation sites (N-methyl/N-ethyl adjacent to an activating group) is 1. The molecule has 4 rings (SSSR count). The standard InChI is InChI=1S/C23H29ClN4O/c1-26-12-14-27(15-13-26)22-11-6-18(16-25-22)17-28(21-4-2-3-5-21)23(29)19-7-9-20(24)10-8-19/h6-11,16,21H,2-5,12-15,17H2,1H3. The first-order chi connectivity index (χ1) is 14.1. The monoisotopic (exact) mass is 412 g/mol. The van der Waals surface area contributed by atoms with E-state index in [9.17, 15) is 4.79 Å². The van der Waals surface area contributed by atoms with Gasteiger partial charge in [-0.2, -0.15) is 0 Å². The van der Waals surface area contributed by atoms with Gasteiger partial charge in [-0.1, -0.05) is 30.5 Å². The molecule has 5 nitrogen and oxygen atoms in total. The van der Waals surface area contributed by atoms with Gasteiger partial charge in [0, 0.05) is 55.5 Å². The Morgan fingerprint density at radius 1 is 1.07 bits per heavy atom. The van der Waals surface area contributed by atoms with Crippen molar-refractivity contribution in [3.63, 3.8) is 0 Å². The average Bonchev–Trinajstić information content (AvgIpc) is 3.28. The van der Waals surface area contributed by atoms with Crippen molar-refractivity contribution in [1.82, 2.24) is 14.8 Å². The van der Waals surface area contributed by atoms with Crippen molar-refractivity contribution >= 4 is 23.3 Å². The second-order valence-corrected chi connectivity index (χ2v) is 8.63. The van der Waals surface area contributed by atoms with Gasteiger partial charge in [-0.05, 0) is 55.8 Å². The van der Waals surface area contributed by atoms with Gasteiger partial charge in [-0.25, -0.2) is 4.98 Å². The zero-order chi connectivity index (χ0) is 20.2. The molecule has 2 fully saturated rings. The molecule has 6 heteroatoms. The lowest BCUT2D eigenvalue weighted by atomic mass is 10.1. The molecule has 2 heterocycles. The van der Waals surface area contributed by atoms with E-state index in [0.717, 1.165) is 50.4 Å². The van der Waals surface area contributed by atoms with Crippen LogP contribution < -0.4 is 4.90 Å². The molecule has 1 amide bonds. The summed E-state index contributed by atoms with van der Waals surface area (Å²) in [6, 6.07) is 11.7. The number of piperazine rings is 1. The normalized spacial score (nSPS) is 18.2. The maximum atomic E-state index is 13.2. The molecular formula is C23H29ClN4O. The van der Waals surface area contributed by atoms with Gasteiger partial charge in [0.25, 0.3) is 5.91 Å². The molecule has 1 aliphatic carbocycles. The maximum absolute atomic E-state index is 13.2. The topological polar surface area (TPSA) is 39.7 Å². The third-order valence-corrected chi connectivity index (χ3v) is 6.36. The van der Waals surface area contributed by atoms with E-state index in [4.69, 9.17) is 16.6 Å². The Kier molecular flexibility index (Phi) is 6.36. The number of hydrogen-bond acceptors (Lipinski definition) is 4. The molecule has 1 aromatic carbocycles. The van der Waals surface area contributed by atoms with E-state index in [-0.39, 0.29) is 5.91 Å². The van der Waals surface area contributed by atoms with Gasteiger partial charge in [-0.3, -0.25) is 4.79 Å². The highest BCUT2D eigenvalue weighted by Gasteiger charge is 2.27. The average molecular weight is 413 g/mol. The van der Waals surface area contributed by atoms with Crippen molar-refractivity contribution in [2.75, 3.05) is 38.1 Å². The summed E-state index contributed by atoms with van der Waals surface area (Å²) in [7, 11) is 2.16. The van der Waals surface area contributed by atoms with Gasteiger partial charge in [0.1, 0.15) is 5.82 Å². The predicted octanol–water partition coefficient (Wildman–Crippen LogP) is 4.07. The van der Waals surface area contributed by atoms with Crippen LogP contribution in [-0.4, -0.2) is 60.0 Å². The number of anilines is 1. The van der Waals surface area contributed by atoms with Gasteiger partial charge in [0.15, 0.2) is 0 Å². The molecule has 29 heavy (non-hydrogen) atoms. The Morgan fingerprint density at radius 2 is 1.76 bits per heavy atom. The Bertz CT molecular complexity index is 810. The van der Waals surface area contributed by atoms with Crippen LogP contribution in [0.25, 0.3) is 0 Å². The van der Waals surface area contributed by atoms with E-state index in [2.05, 4.69) is 29.0 Å². The molecule has 1 saturated heterocycles. The highest BCUT2D eigenvalue weighted by Crippen LogP contribution is 2.27. The Morgan fingerprint density at radius 3 is 2.38 bits per heavy atom. The van der Waals surface area contributed by atoms with Gasteiger partial charge < -0.3 is 14.7 Å². The van der Waals surface area contributed by atoms with Gasteiger partial charge in [-0.15, -0.1) is 0 Å². The molecule has 1 aliphatic heterocycles. The molecule has 154 valence electrons. The SMILES string of the molecule is CN1CCN(c2ccc(CN(C(=O)c3ccc(Cl)cc3)C3CCCC3)cn2)CC1. The minimum atomic E-state index is 0.0803. The number of rotatable bonds is 5. The quantitative estimate of drug-likeness (QED) is 0.742. The third-order valence-electron chi connectivity index (χ3n) is 6.11. The molecule has 1 aromatic heterocycles. The second-order valence-electron chi connectivity index (χ2n) is 8.19. The summed E-state index contributed by atoms with van der Waals surface area (Å²) in [6.07, 6.45) is 6.47. The number of pyridine rings is 1. The van der Waals surface area contributed by atoms with Crippen molar-refractivity contribution in [1.29, 1.82) is 0 Å². The molecule has 0 atom stereocenters. The van der Waals surface area contributed by atoms with Crippen LogP contribution in [0.5, 0.6) is 0 Å². The van der Waals surface area contributed by atoms with E-state index in [0.29, 0.717) is 23.2 Å². The van der Waals surface area contributed by atoms with Crippen LogP contribution in [0.4, 0.5) is 5.82 Å². The van der Waals surface area contributed by atoms with Crippen LogP contribution in [-0.2, 0) is 6.54 Å². The summed E-state index contributed by atoms with van der Waals surface area (Å²) in [5, 5.41) is 0.651. The fourth-order valence-electron chi connectivity index (χ4n) is 4.27. The van der Waals surface area contributed by atoms with E-state index >= 15 is 0 Å². The number of carbonyl (C=O) groups is 1. The minimum absolute atomic E-state index is 0.0803. The van der Waals surface area contributed by atoms with Crippen LogP contribution in [0.15, 0.2) is 42.6 Å². The first-order valence-corrected chi connectivity index (χ1v) is 10.9. The molecule has 2 aromatic rings. The zero-order valence-corrected chi connectivity index (χ0v) is 17.8. The molecule has 0 spiro atoms. The van der Waals surface area contributed by atoms with Crippen LogP contribution in [0.3, 0.4) is 0 Å². The molecule has 2 aliphatic rings. The van der Waals surface area contributed by atoms with Crippen LogP contribution in [0, 0.1) is 0 Å². The summed E-state index contributed by atoms with van der Waals surface area (Å²) in [6.45, 7) is 4.74. The summed E-state index contributed by atoms with van der Waals surface area (Å²) in [4.78, 5) is 24.6. The van der Waals surface area contributed by atoms with Gasteiger partial charge in [0.05, 0.1) is 0 Å². The Hall–Kier alpha value is -2.11. The minimum Gasteiger partial charge on any atom is -0.354 e. The van der Waals surface area contributed by atoms with Gasteiger partial charge >= 0.3 is 0 Å². The molecule has 1 saturated carbocycles. The number of carbonyl (C=O) groups excluding carboxylic acids is 1. The number of halogens is 1. The molecule has 0 radical (unpaired) electrons. The van der Waals surface area contributed by atoms with E-state index in [1.807, 2.05) is 23.2 Å². The summed E-state index contributed by atoms with van der Waals surface area (Å²) >= 11 is 6.00. The molecule has 0 N–H and O–H groups in total. The molecule has 0 unspecified atom stereocenters. The summed E-state index contributed by atoms with van der Waals surface area (Å²) in [5.41, 5.74) is 1.78. The number of aromatic nitrogens is 1. The first-order valence-electron chi connectivity index (χ1n) is 10.5. The smallest absolute Gasteiger partial charge is 0.254 e. The summed E-state index contributed by atoms with van der Waals surface area (Å²) in [5.74, 6) is 1.11. The number of nitrogens with zero attached hydrogens (tertiary/aromatic N) is 4. The Labute approximate surface area is 178 Å². The summed E-state index contributed by atoms with van der Waals surface area (Å²) < 4.78 is 0. The van der Waals surface area contributed by atoms with E-state index in [1.54, 1.807) is 12.1 Å². The van der Waals surface area contributed by atoms with Crippen molar-refractivity contribution in [3.05, 3.63) is 58.7 Å². The maximum Gasteiger partial charge on any atom is 0.254 e. The second kappa shape index (κ2) is 9.14. The highest BCUT2D eigenvalue weighted by molar-refractivity contribution is 6.30. The van der Waals surface area contributed by atoms with Gasteiger partial charge in [0.2, 0.25) is 0 Å². The lowest BCUT2D eigenvalue weighted by molar-refractivity contribution is 0.0664. The first kappa shape index (κ1) is 20.2. The van der Waals surface area contributed by atoms with E-state index in [1.165, 1.54) is 12.8 Å². The largest absolute Gasteiger partial charge is 0.354 e. The van der Waals surface area contributed by atoms with Crippen molar-refractivity contribution in [2.24, 2.45) is 0 Å². The number of hydrogen-bond donors (Lipinski definition) is 0. The molecular weight excluding hydrogens is 384 g/mol. The van der Waals surface area contributed by atoms with Crippen molar-refractivity contribution in [3.8, 4) is 0 Å². The number of amides is 1. The Balaban J connectivity index is 1.48. The fourth-order valence-corrected chi connectivity index (χ4v) is 4.40. The lowest BCUT2D eigenvalue weighted by Crippen LogP contribution is -2.44. The van der Waals surface area contributed by atoms with Crippen LogP contribution in [0.1, 0.15) is 41.6 Å². The third kappa shape index (κ3) is 4.90. The van der Waals surface area contributed by atoms with Crippen LogP contribution in [0.2, 0.25) is 5.02 Å². The molecule has 0 bridgehead atoms. The van der Waals surface area contributed by atoms with Crippen molar-refractivity contribution < 1.29 is 4.79 Å². The predicted molar refractivity (Wildman–Crippen MR) is 118 cm³/mol. The fraction of sp³-hybridized carbons (Fsp3) is 0.478. The van der Waals surface area contributed by atoms with Crippen LogP contribution >= 0.6 is 11.6 Å². The van der Waals surface area contributed by atoms with Crippen molar-refractivity contribution in [2.45, 2.75) is 38.3 Å². The highest BCUT2D eigenvalue weighted by atomic mass is 35.5. The number of benzene rings is 1. The lowest BCUT2D eigenvalue weighted by Gasteiger charge is -2.33. The van der Waals surface area contributed by atoms with E-state index < -0.39 is 0 Å². The zero-order valence-electron chi connectivity index (χ0n) is 17.1.